The summed E-state index contributed by atoms with van der Waals surface area (Å²) in [5.41, 5.74) is 0.189. The number of aromatic nitrogens is 1. The minimum atomic E-state index is -1.24. The van der Waals surface area contributed by atoms with Gasteiger partial charge in [-0.3, -0.25) is 29.1 Å². The second-order valence-corrected chi connectivity index (χ2v) is 8.95. The number of amides is 3. The number of ketones is 1. The highest BCUT2D eigenvalue weighted by Gasteiger charge is 2.54. The van der Waals surface area contributed by atoms with Crippen LogP contribution < -0.4 is 0 Å². The molecular weight excluding hydrogens is 418 g/mol. The molecule has 4 rings (SSSR count). The number of carbonyl (C=O) groups excluding carboxylic acids is 4. The first-order valence-corrected chi connectivity index (χ1v) is 11.5. The van der Waals surface area contributed by atoms with Gasteiger partial charge in [-0.25, -0.2) is 0 Å². The fraction of sp³-hybridized carbons (Fsp3) is 0.423. The lowest BCUT2D eigenvalue weighted by molar-refractivity contribution is -0.144. The van der Waals surface area contributed by atoms with E-state index in [1.54, 1.807) is 23.4 Å². The summed E-state index contributed by atoms with van der Waals surface area (Å²) in [6.07, 6.45) is 5.14. The van der Waals surface area contributed by atoms with Crippen molar-refractivity contribution in [3.63, 3.8) is 0 Å². The van der Waals surface area contributed by atoms with E-state index < -0.39 is 5.41 Å². The number of carbonyl (C=O) groups is 4. The molecule has 2 saturated heterocycles. The van der Waals surface area contributed by atoms with Gasteiger partial charge >= 0.3 is 0 Å². The van der Waals surface area contributed by atoms with Gasteiger partial charge in [-0.05, 0) is 30.0 Å². The zero-order valence-electron chi connectivity index (χ0n) is 18.9. The maximum Gasteiger partial charge on any atom is 0.241 e. The summed E-state index contributed by atoms with van der Waals surface area (Å²) < 4.78 is 0. The number of benzene rings is 1. The van der Waals surface area contributed by atoms with Gasteiger partial charge in [-0.1, -0.05) is 43.3 Å². The van der Waals surface area contributed by atoms with Crippen molar-refractivity contribution in [3.8, 4) is 0 Å². The smallest absolute Gasteiger partial charge is 0.241 e. The van der Waals surface area contributed by atoms with Crippen molar-refractivity contribution in [2.45, 2.75) is 51.0 Å². The molecule has 0 radical (unpaired) electrons. The number of nitrogens with zero attached hydrogens (tertiary/aromatic N) is 3. The van der Waals surface area contributed by atoms with E-state index in [9.17, 15) is 19.2 Å². The van der Waals surface area contributed by atoms with Crippen LogP contribution >= 0.6 is 0 Å². The molecule has 0 spiro atoms. The lowest BCUT2D eigenvalue weighted by Gasteiger charge is -2.35. The summed E-state index contributed by atoms with van der Waals surface area (Å²) in [5, 5.41) is 0. The SMILES string of the molecule is CCC(=O)C1CCCN(C(=O)CC2(c3ccccc3)CC(=O)N(Cc3cccnc3)C2=O)C1. The summed E-state index contributed by atoms with van der Waals surface area (Å²) in [7, 11) is 0. The van der Waals surface area contributed by atoms with E-state index in [1.165, 1.54) is 4.90 Å². The number of rotatable bonds is 7. The molecule has 3 amide bonds. The third-order valence-electron chi connectivity index (χ3n) is 6.83. The quantitative estimate of drug-likeness (QED) is 0.609. The topological polar surface area (TPSA) is 87.7 Å². The number of likely N-dealkylation sites (tertiary alicyclic amines) is 2. The standard InChI is InChI=1S/C26H29N3O4/c1-2-22(30)20-9-7-13-28(18-20)23(31)14-26(21-10-4-3-5-11-21)15-24(32)29(25(26)33)17-19-8-6-12-27-16-19/h3-6,8,10-12,16,20H,2,7,9,13-15,17-18H2,1H3. The van der Waals surface area contributed by atoms with Crippen LogP contribution in [0.2, 0.25) is 0 Å². The molecule has 2 atom stereocenters. The molecule has 33 heavy (non-hydrogen) atoms. The average molecular weight is 448 g/mol. The van der Waals surface area contributed by atoms with Gasteiger partial charge in [0.1, 0.15) is 5.78 Å². The number of Topliss-reactive ketones (excluding diaryl/α,β-unsaturated/α-hetero) is 1. The maximum atomic E-state index is 13.7. The van der Waals surface area contributed by atoms with Crippen LogP contribution in [-0.2, 0) is 31.1 Å². The summed E-state index contributed by atoms with van der Waals surface area (Å²) in [6, 6.07) is 12.7. The number of hydrogen-bond acceptors (Lipinski definition) is 5. The van der Waals surface area contributed by atoms with Crippen molar-refractivity contribution in [2.75, 3.05) is 13.1 Å². The van der Waals surface area contributed by atoms with Gasteiger partial charge in [0, 0.05) is 50.7 Å². The van der Waals surface area contributed by atoms with Gasteiger partial charge in [0.25, 0.3) is 0 Å². The normalized spacial score (nSPS) is 23.1. The fourth-order valence-electron chi connectivity index (χ4n) is 4.98. The monoisotopic (exact) mass is 447 g/mol. The predicted octanol–water partition coefficient (Wildman–Crippen LogP) is 2.89. The van der Waals surface area contributed by atoms with Crippen LogP contribution in [0.3, 0.4) is 0 Å². The van der Waals surface area contributed by atoms with Gasteiger partial charge in [0.15, 0.2) is 0 Å². The Kier molecular flexibility index (Phi) is 6.67. The van der Waals surface area contributed by atoms with Crippen LogP contribution in [0.4, 0.5) is 0 Å². The van der Waals surface area contributed by atoms with Crippen LogP contribution in [0.15, 0.2) is 54.9 Å². The lowest BCUT2D eigenvalue weighted by atomic mass is 9.75. The van der Waals surface area contributed by atoms with Gasteiger partial charge in [0.05, 0.1) is 12.0 Å². The van der Waals surface area contributed by atoms with E-state index in [4.69, 9.17) is 0 Å². The van der Waals surface area contributed by atoms with Crippen molar-refractivity contribution in [1.29, 1.82) is 0 Å². The Balaban J connectivity index is 1.61. The van der Waals surface area contributed by atoms with Gasteiger partial charge in [0.2, 0.25) is 17.7 Å². The molecule has 0 bridgehead atoms. The Labute approximate surface area is 193 Å². The number of piperidine rings is 1. The van der Waals surface area contributed by atoms with Gasteiger partial charge < -0.3 is 4.90 Å². The van der Waals surface area contributed by atoms with E-state index in [2.05, 4.69) is 4.98 Å². The molecule has 7 nitrogen and oxygen atoms in total. The van der Waals surface area contributed by atoms with Crippen LogP contribution in [-0.4, -0.2) is 51.4 Å². The Morgan fingerprint density at radius 3 is 2.61 bits per heavy atom. The van der Waals surface area contributed by atoms with Crippen molar-refractivity contribution >= 4 is 23.5 Å². The van der Waals surface area contributed by atoms with E-state index >= 15 is 0 Å². The van der Waals surface area contributed by atoms with Crippen molar-refractivity contribution in [1.82, 2.24) is 14.8 Å². The third-order valence-corrected chi connectivity index (χ3v) is 6.83. The zero-order valence-corrected chi connectivity index (χ0v) is 18.9. The number of pyridine rings is 1. The summed E-state index contributed by atoms with van der Waals surface area (Å²) in [5.74, 6) is -0.812. The van der Waals surface area contributed by atoms with E-state index in [1.807, 2.05) is 43.3 Å². The lowest BCUT2D eigenvalue weighted by Crippen LogP contribution is -2.47. The van der Waals surface area contributed by atoms with E-state index in [0.717, 1.165) is 18.4 Å². The van der Waals surface area contributed by atoms with Crippen LogP contribution in [0, 0.1) is 5.92 Å². The molecule has 2 aromatic rings. The van der Waals surface area contributed by atoms with Crippen molar-refractivity contribution in [2.24, 2.45) is 5.92 Å². The molecule has 2 unspecified atom stereocenters. The molecule has 3 heterocycles. The minimum absolute atomic E-state index is 0.0486. The first-order chi connectivity index (χ1) is 15.9. The Morgan fingerprint density at radius 1 is 1.12 bits per heavy atom. The van der Waals surface area contributed by atoms with Gasteiger partial charge in [-0.2, -0.15) is 0 Å². The number of hydrogen-bond donors (Lipinski definition) is 0. The largest absolute Gasteiger partial charge is 0.342 e. The van der Waals surface area contributed by atoms with Crippen molar-refractivity contribution in [3.05, 3.63) is 66.0 Å². The Morgan fingerprint density at radius 2 is 1.91 bits per heavy atom. The second kappa shape index (κ2) is 9.65. The summed E-state index contributed by atoms with van der Waals surface area (Å²) in [4.78, 5) is 59.4. The average Bonchev–Trinajstić information content (AvgIpc) is 3.09. The van der Waals surface area contributed by atoms with E-state index in [-0.39, 0.29) is 48.8 Å². The summed E-state index contributed by atoms with van der Waals surface area (Å²) in [6.45, 7) is 2.93. The molecule has 1 aromatic heterocycles. The zero-order chi connectivity index (χ0) is 23.4. The molecular formula is C26H29N3O4. The van der Waals surface area contributed by atoms with E-state index in [0.29, 0.717) is 25.1 Å². The molecule has 172 valence electrons. The molecule has 2 fully saturated rings. The maximum absolute atomic E-state index is 13.7. The first kappa shape index (κ1) is 22.8. The molecule has 0 N–H and O–H groups in total. The predicted molar refractivity (Wildman–Crippen MR) is 122 cm³/mol. The highest BCUT2D eigenvalue weighted by Crippen LogP contribution is 2.41. The highest BCUT2D eigenvalue weighted by molar-refractivity contribution is 6.10. The second-order valence-electron chi connectivity index (χ2n) is 8.95. The van der Waals surface area contributed by atoms with Crippen molar-refractivity contribution < 1.29 is 19.2 Å². The van der Waals surface area contributed by atoms with Crippen LogP contribution in [0.5, 0.6) is 0 Å². The third kappa shape index (κ3) is 4.58. The van der Waals surface area contributed by atoms with Gasteiger partial charge in [-0.15, -0.1) is 0 Å². The van der Waals surface area contributed by atoms with Crippen LogP contribution in [0.1, 0.15) is 50.2 Å². The fourth-order valence-corrected chi connectivity index (χ4v) is 4.98. The first-order valence-electron chi connectivity index (χ1n) is 11.5. The molecule has 0 saturated carbocycles. The molecule has 1 aromatic carbocycles. The summed E-state index contributed by atoms with van der Waals surface area (Å²) >= 11 is 0. The molecule has 2 aliphatic heterocycles. The Bertz CT molecular complexity index is 1040. The minimum Gasteiger partial charge on any atom is -0.342 e. The number of imide groups is 1. The van der Waals surface area contributed by atoms with Crippen LogP contribution in [0.25, 0.3) is 0 Å². The molecule has 2 aliphatic rings. The molecule has 7 heteroatoms. The highest BCUT2D eigenvalue weighted by atomic mass is 16.2. The Hall–Kier alpha value is -3.35. The molecule has 0 aliphatic carbocycles.